The highest BCUT2D eigenvalue weighted by Crippen LogP contribution is 2.27. The lowest BCUT2D eigenvalue weighted by atomic mass is 9.92. The first-order chi connectivity index (χ1) is 18.5. The molecule has 0 radical (unpaired) electrons. The summed E-state index contributed by atoms with van der Waals surface area (Å²) in [5.74, 6) is 0.238. The van der Waals surface area contributed by atoms with Gasteiger partial charge in [0.05, 0.1) is 35.5 Å². The molecule has 0 bridgehead atoms. The molecule has 5 aromatic heterocycles. The van der Waals surface area contributed by atoms with Crippen molar-refractivity contribution in [1.29, 1.82) is 0 Å². The van der Waals surface area contributed by atoms with Crippen LogP contribution in [0.3, 0.4) is 0 Å². The van der Waals surface area contributed by atoms with Crippen LogP contribution in [0.4, 0.5) is 16.3 Å². The van der Waals surface area contributed by atoms with Crippen LogP contribution in [-0.4, -0.2) is 50.9 Å². The molecule has 2 N–H and O–H groups in total. The summed E-state index contributed by atoms with van der Waals surface area (Å²) in [7, 11) is 1.81. The van der Waals surface area contributed by atoms with Crippen molar-refractivity contribution >= 4 is 34.4 Å². The van der Waals surface area contributed by atoms with E-state index < -0.39 is 6.03 Å². The number of rotatable bonds is 6. The zero-order valence-electron chi connectivity index (χ0n) is 22.7. The lowest BCUT2D eigenvalue weighted by Gasteiger charge is -2.13. The van der Waals surface area contributed by atoms with Gasteiger partial charge < -0.3 is 9.88 Å². The minimum Gasteiger partial charge on any atom is -0.329 e. The van der Waals surface area contributed by atoms with Crippen LogP contribution in [0, 0.1) is 0 Å². The second-order valence-electron chi connectivity index (χ2n) is 10.6. The van der Waals surface area contributed by atoms with Gasteiger partial charge in [-0.1, -0.05) is 20.8 Å². The van der Waals surface area contributed by atoms with Crippen molar-refractivity contribution in [1.82, 2.24) is 39.1 Å². The lowest BCUT2D eigenvalue weighted by Crippen LogP contribution is -2.21. The Balaban J connectivity index is 1.39. The number of urea groups is 1. The van der Waals surface area contributed by atoms with Crippen LogP contribution >= 0.6 is 0 Å². The van der Waals surface area contributed by atoms with Crippen molar-refractivity contribution in [3.8, 4) is 5.69 Å². The number of nitrogens with zero attached hydrogens (tertiary/aromatic N) is 8. The Kier molecular flexibility index (Phi) is 6.46. The van der Waals surface area contributed by atoms with E-state index in [1.165, 1.54) is 18.7 Å². The number of fused-ring (bicyclic) bond motifs is 1. The molecule has 0 saturated heterocycles. The van der Waals surface area contributed by atoms with E-state index in [2.05, 4.69) is 35.8 Å². The minimum atomic E-state index is -0.503. The topological polar surface area (TPSA) is 137 Å². The van der Waals surface area contributed by atoms with E-state index >= 15 is 0 Å². The summed E-state index contributed by atoms with van der Waals surface area (Å²) >= 11 is 0. The average molecular weight is 527 g/mol. The predicted octanol–water partition coefficient (Wildman–Crippen LogP) is 4.50. The maximum absolute atomic E-state index is 13.5. The first-order valence-electron chi connectivity index (χ1n) is 12.5. The highest BCUT2D eigenvalue weighted by Gasteiger charge is 2.23. The van der Waals surface area contributed by atoms with Crippen molar-refractivity contribution in [2.24, 2.45) is 7.05 Å². The second kappa shape index (κ2) is 9.78. The van der Waals surface area contributed by atoms with Crippen molar-refractivity contribution in [3.63, 3.8) is 0 Å². The summed E-state index contributed by atoms with van der Waals surface area (Å²) in [6, 6.07) is 3.03. The van der Waals surface area contributed by atoms with Gasteiger partial charge in [0.25, 0.3) is 0 Å². The Morgan fingerprint density at radius 2 is 1.77 bits per heavy atom. The van der Waals surface area contributed by atoms with Crippen LogP contribution in [0.2, 0.25) is 0 Å². The number of carbonyl (C=O) groups excluding carboxylic acids is 2. The number of aryl methyl sites for hydroxylation is 1. The van der Waals surface area contributed by atoms with Gasteiger partial charge in [-0.15, -0.1) is 0 Å². The summed E-state index contributed by atoms with van der Waals surface area (Å²) in [5.41, 5.74) is 3.13. The molecule has 0 aromatic carbocycles. The van der Waals surface area contributed by atoms with Gasteiger partial charge in [0.1, 0.15) is 23.5 Å². The van der Waals surface area contributed by atoms with Gasteiger partial charge in [-0.05, 0) is 19.9 Å². The number of nitrogens with one attached hydrogen (secondary N) is 2. The highest BCUT2D eigenvalue weighted by molar-refractivity contribution is 6.16. The van der Waals surface area contributed by atoms with E-state index in [0.29, 0.717) is 39.4 Å². The SMILES string of the molecule is CC(C)n1cc(C(=O)c2cncc(NC(=O)Nc3cc(C(C)(C)C)nn3-c3cnn(C)c3)c2)c2cncnc21. The zero-order valence-corrected chi connectivity index (χ0v) is 22.7. The third-order valence-electron chi connectivity index (χ3n) is 6.21. The van der Waals surface area contributed by atoms with Crippen LogP contribution in [0.25, 0.3) is 16.7 Å². The molecule has 0 unspecified atom stereocenters. The number of amides is 2. The monoisotopic (exact) mass is 526 g/mol. The lowest BCUT2D eigenvalue weighted by molar-refractivity contribution is 0.103. The van der Waals surface area contributed by atoms with Gasteiger partial charge in [0.15, 0.2) is 5.78 Å². The van der Waals surface area contributed by atoms with Crippen molar-refractivity contribution in [2.75, 3.05) is 10.6 Å². The molecule has 0 atom stereocenters. The summed E-state index contributed by atoms with van der Waals surface area (Å²) in [6.45, 7) is 10.2. The average Bonchev–Trinajstić information content (AvgIpc) is 3.60. The van der Waals surface area contributed by atoms with E-state index in [1.54, 1.807) is 34.0 Å². The maximum Gasteiger partial charge on any atom is 0.324 e. The van der Waals surface area contributed by atoms with Crippen LogP contribution in [0.5, 0.6) is 0 Å². The first-order valence-corrected chi connectivity index (χ1v) is 12.5. The van der Waals surface area contributed by atoms with Crippen molar-refractivity contribution in [2.45, 2.75) is 46.1 Å². The van der Waals surface area contributed by atoms with Crippen LogP contribution in [0.15, 0.2) is 55.6 Å². The highest BCUT2D eigenvalue weighted by atomic mass is 16.2. The third kappa shape index (κ3) is 5.13. The smallest absolute Gasteiger partial charge is 0.324 e. The molecule has 200 valence electrons. The van der Waals surface area contributed by atoms with Gasteiger partial charge in [-0.3, -0.25) is 19.8 Å². The molecule has 0 saturated carbocycles. The molecular weight excluding hydrogens is 496 g/mol. The Hall–Kier alpha value is -4.87. The van der Waals surface area contributed by atoms with Gasteiger partial charge >= 0.3 is 6.03 Å². The van der Waals surface area contributed by atoms with Crippen LogP contribution in [-0.2, 0) is 12.5 Å². The molecule has 0 spiro atoms. The van der Waals surface area contributed by atoms with Crippen molar-refractivity contribution in [3.05, 3.63) is 72.5 Å². The minimum absolute atomic E-state index is 0.109. The van der Waals surface area contributed by atoms with E-state index in [-0.39, 0.29) is 17.2 Å². The Bertz CT molecular complexity index is 1690. The number of anilines is 2. The van der Waals surface area contributed by atoms with Gasteiger partial charge in [-0.25, -0.2) is 19.4 Å². The second-order valence-corrected chi connectivity index (χ2v) is 10.6. The summed E-state index contributed by atoms with van der Waals surface area (Å²) in [5, 5.41) is 15.2. The van der Waals surface area contributed by atoms with E-state index in [4.69, 9.17) is 0 Å². The molecule has 0 aliphatic rings. The number of pyridine rings is 1. The van der Waals surface area contributed by atoms with Gasteiger partial charge in [-0.2, -0.15) is 10.2 Å². The van der Waals surface area contributed by atoms with E-state index in [0.717, 1.165) is 5.69 Å². The fourth-order valence-electron chi connectivity index (χ4n) is 4.18. The molecule has 12 nitrogen and oxygen atoms in total. The zero-order chi connectivity index (χ0) is 27.9. The standard InChI is InChI=1S/C27H30N10O2/c1-16(2)36-14-21(20-12-29-15-30-25(20)36)24(38)17-7-18(10-28-9-17)32-26(39)33-23-8-22(27(3,4)5)34-37(23)19-11-31-35(6)13-19/h7-16H,1-6H3,(H2,32,33,39). The molecule has 0 fully saturated rings. The maximum atomic E-state index is 13.5. The summed E-state index contributed by atoms with van der Waals surface area (Å²) in [6.07, 6.45) is 11.3. The summed E-state index contributed by atoms with van der Waals surface area (Å²) in [4.78, 5) is 39.1. The Labute approximate surface area is 225 Å². The quantitative estimate of drug-likeness (QED) is 0.311. The fourth-order valence-corrected chi connectivity index (χ4v) is 4.18. The number of aromatic nitrogens is 8. The van der Waals surface area contributed by atoms with Gasteiger partial charge in [0.2, 0.25) is 0 Å². The van der Waals surface area contributed by atoms with E-state index in [9.17, 15) is 9.59 Å². The molecule has 5 rings (SSSR count). The summed E-state index contributed by atoms with van der Waals surface area (Å²) < 4.78 is 5.24. The Morgan fingerprint density at radius 1 is 0.974 bits per heavy atom. The molecular formula is C27H30N10O2. The molecule has 39 heavy (non-hydrogen) atoms. The van der Waals surface area contributed by atoms with Gasteiger partial charge in [0, 0.05) is 54.1 Å². The predicted molar refractivity (Wildman–Crippen MR) is 147 cm³/mol. The normalized spacial score (nSPS) is 11.8. The molecule has 5 heterocycles. The van der Waals surface area contributed by atoms with Crippen LogP contribution < -0.4 is 10.6 Å². The molecule has 12 heteroatoms. The fraction of sp³-hybridized carbons (Fsp3) is 0.296. The number of hydrogen-bond acceptors (Lipinski definition) is 7. The number of ketones is 1. The van der Waals surface area contributed by atoms with E-state index in [1.807, 2.05) is 58.5 Å². The third-order valence-corrected chi connectivity index (χ3v) is 6.21. The van der Waals surface area contributed by atoms with Crippen molar-refractivity contribution < 1.29 is 9.59 Å². The molecule has 2 amide bonds. The Morgan fingerprint density at radius 3 is 2.46 bits per heavy atom. The number of hydrogen-bond donors (Lipinski definition) is 2. The molecule has 0 aliphatic carbocycles. The molecule has 0 aliphatic heterocycles. The molecule has 5 aromatic rings. The largest absolute Gasteiger partial charge is 0.329 e. The first kappa shape index (κ1) is 25.8. The number of carbonyl (C=O) groups is 2. The van der Waals surface area contributed by atoms with Crippen LogP contribution in [0.1, 0.15) is 62.3 Å².